The van der Waals surface area contributed by atoms with Gasteiger partial charge in [0, 0.05) is 58.9 Å². The Balaban J connectivity index is 0. The maximum Gasteiger partial charge on any atom is 0 e. The molecule has 9 heavy (non-hydrogen) atoms. The third-order valence-corrected chi connectivity index (χ3v) is 0. The van der Waals surface area contributed by atoms with Gasteiger partial charge in [0.1, 0.15) is 0 Å². The Morgan fingerprint density at radius 2 is 0.444 bits per heavy atom. The van der Waals surface area contributed by atoms with Crippen LogP contribution in [0.3, 0.4) is 0 Å². The molecule has 0 amide bonds. The molecule has 9 heteroatoms. The summed E-state index contributed by atoms with van der Waals surface area (Å²) in [5, 5.41) is 0. The molecule has 0 N–H and O–H groups in total. The Bertz CT molecular complexity index is 13.0. The van der Waals surface area contributed by atoms with E-state index < -0.39 is 0 Å². The molecule has 0 aliphatic heterocycles. The molecule has 0 aromatic carbocycles. The summed E-state index contributed by atoms with van der Waals surface area (Å²) in [6.45, 7) is 0. The molecule has 0 saturated carbocycles. The zero-order valence-electron chi connectivity index (χ0n) is 3.60. The van der Waals surface area contributed by atoms with Gasteiger partial charge in [-0.3, -0.25) is 0 Å². The van der Waals surface area contributed by atoms with E-state index in [0.717, 1.165) is 0 Å². The molecule has 1 radical (unpaired) electrons. The summed E-state index contributed by atoms with van der Waals surface area (Å²) in [6.07, 6.45) is 0. The smallest absolute Gasteiger partial charge is 0 e. The van der Waals surface area contributed by atoms with Crippen LogP contribution in [0.25, 0.3) is 0 Å². The van der Waals surface area contributed by atoms with Crippen LogP contribution in [0.2, 0.25) is 0 Å². The van der Waals surface area contributed by atoms with Gasteiger partial charge < -0.3 is 32.9 Å². The van der Waals surface area contributed by atoms with E-state index in [1.165, 1.54) is 0 Å². The van der Waals surface area contributed by atoms with Crippen LogP contribution in [0.1, 0.15) is 0 Å². The van der Waals surface area contributed by atoms with Gasteiger partial charge in [0.25, 0.3) is 0 Å². The largest absolute Gasteiger partial charge is 2.00 e. The molecular formula is CoMoO6W-12. The van der Waals surface area contributed by atoms with E-state index in [2.05, 4.69) is 0 Å². The fourth-order valence-electron chi connectivity index (χ4n) is 0. The van der Waals surface area contributed by atoms with Crippen LogP contribution in [0.5, 0.6) is 0 Å². The molecule has 0 aliphatic rings. The van der Waals surface area contributed by atoms with Crippen molar-refractivity contribution in [1.82, 2.24) is 0 Å². The van der Waals surface area contributed by atoms with E-state index in [4.69, 9.17) is 0 Å². The van der Waals surface area contributed by atoms with E-state index in [9.17, 15) is 0 Å². The summed E-state index contributed by atoms with van der Waals surface area (Å²) in [5.74, 6) is 0. The predicted octanol–water partition coefficient (Wildman–Crippen LogP) is -0.720. The first kappa shape index (κ1) is 367. The van der Waals surface area contributed by atoms with Gasteiger partial charge in [-0.05, 0) is 0 Å². The third kappa shape index (κ3) is 209. The van der Waals surface area contributed by atoms with Crippen LogP contribution >= 0.6 is 0 Å². The van der Waals surface area contributed by atoms with Crippen molar-refractivity contribution in [2.75, 3.05) is 0 Å². The molecular weight excluding hydrogens is 435 g/mol. The Labute approximate surface area is 91.3 Å². The average Bonchev–Trinajstić information content (AvgIpc) is 0. The number of rotatable bonds is 0. The fourth-order valence-corrected chi connectivity index (χ4v) is 0. The maximum absolute atomic E-state index is 0. The number of hydrogen-bond donors (Lipinski definition) is 0. The summed E-state index contributed by atoms with van der Waals surface area (Å²) in [5.41, 5.74) is 0. The van der Waals surface area contributed by atoms with Crippen LogP contribution in [0.4, 0.5) is 0 Å². The van der Waals surface area contributed by atoms with Crippen LogP contribution in [0, 0.1) is 0 Å². The summed E-state index contributed by atoms with van der Waals surface area (Å²) in [4.78, 5) is 0. The van der Waals surface area contributed by atoms with E-state index in [-0.39, 0.29) is 91.8 Å². The van der Waals surface area contributed by atoms with Gasteiger partial charge in [-0.1, -0.05) is 0 Å². The van der Waals surface area contributed by atoms with Crippen LogP contribution in [-0.4, -0.2) is 0 Å². The summed E-state index contributed by atoms with van der Waals surface area (Å²) in [6, 6.07) is 0. The second-order valence-electron chi connectivity index (χ2n) is 0. The minimum atomic E-state index is 0. The Morgan fingerprint density at radius 1 is 0.444 bits per heavy atom. The summed E-state index contributed by atoms with van der Waals surface area (Å²) >= 11 is 0. The first-order valence-electron chi connectivity index (χ1n) is 0. The van der Waals surface area contributed by atoms with Gasteiger partial charge in [0.05, 0.1) is 0 Å². The van der Waals surface area contributed by atoms with E-state index in [1.807, 2.05) is 0 Å². The molecule has 0 heterocycles. The molecule has 0 rings (SSSR count). The van der Waals surface area contributed by atoms with Gasteiger partial charge in [0.2, 0.25) is 0 Å². The molecule has 0 spiro atoms. The van der Waals surface area contributed by atoms with Gasteiger partial charge in [-0.2, -0.15) is 0 Å². The molecule has 0 atom stereocenters. The van der Waals surface area contributed by atoms with Crippen molar-refractivity contribution in [2.45, 2.75) is 0 Å². The maximum atomic E-state index is 0. The van der Waals surface area contributed by atoms with Crippen molar-refractivity contribution in [2.24, 2.45) is 0 Å². The second-order valence-corrected chi connectivity index (χ2v) is 0. The summed E-state index contributed by atoms with van der Waals surface area (Å²) < 4.78 is 0. The van der Waals surface area contributed by atoms with Gasteiger partial charge in [-0.25, -0.2) is 0 Å². The van der Waals surface area contributed by atoms with Crippen molar-refractivity contribution < 1.29 is 91.8 Å². The molecule has 0 fully saturated rings. The average molecular weight is 435 g/mol. The quantitative estimate of drug-likeness (QED) is 0.438. The van der Waals surface area contributed by atoms with E-state index in [1.54, 1.807) is 0 Å². The molecule has 0 aliphatic carbocycles. The molecule has 0 aromatic rings. The third-order valence-electron chi connectivity index (χ3n) is 0. The minimum Gasteiger partial charge on any atom is -2.00 e. The van der Waals surface area contributed by atoms with Gasteiger partial charge in [-0.15, -0.1) is 0 Å². The fraction of sp³-hybridized carbons (Fsp3) is 0. The van der Waals surface area contributed by atoms with Crippen molar-refractivity contribution in [3.8, 4) is 0 Å². The van der Waals surface area contributed by atoms with Crippen molar-refractivity contribution in [3.63, 3.8) is 0 Å². The molecule has 0 aromatic heterocycles. The molecule has 69 valence electrons. The minimum absolute atomic E-state index is 0. The Hall–Kier alpha value is 1.64. The normalized spacial score (nSPS) is 0. The Morgan fingerprint density at radius 3 is 0.444 bits per heavy atom. The zero-order valence-corrected chi connectivity index (χ0v) is 9.58. The number of hydrogen-bond acceptors (Lipinski definition) is 0. The topological polar surface area (TPSA) is 171 Å². The molecule has 0 saturated heterocycles. The van der Waals surface area contributed by atoms with Gasteiger partial charge >= 0.3 is 0 Å². The molecule has 0 unspecified atom stereocenters. The molecule has 0 bridgehead atoms. The van der Waals surface area contributed by atoms with Crippen LogP contribution < -0.4 is 0 Å². The van der Waals surface area contributed by atoms with E-state index >= 15 is 0 Å². The van der Waals surface area contributed by atoms with Crippen LogP contribution in [-0.2, 0) is 91.8 Å². The van der Waals surface area contributed by atoms with E-state index in [0.29, 0.717) is 0 Å². The summed E-state index contributed by atoms with van der Waals surface area (Å²) in [7, 11) is 0. The van der Waals surface area contributed by atoms with Crippen molar-refractivity contribution in [1.29, 1.82) is 0 Å². The monoisotopic (exact) mass is 437 g/mol. The van der Waals surface area contributed by atoms with Crippen molar-refractivity contribution >= 4 is 0 Å². The Kier molecular flexibility index (Phi) is 10900. The van der Waals surface area contributed by atoms with Gasteiger partial charge in [0.15, 0.2) is 0 Å². The SMILES string of the molecule is [Co].[Mo].[O-2].[O-2].[O-2].[O-2].[O-2].[O-2].[W]. The second kappa shape index (κ2) is 267. The van der Waals surface area contributed by atoms with Crippen LogP contribution in [0.15, 0.2) is 0 Å². The predicted molar refractivity (Wildman–Crippen MR) is 4.12 cm³/mol. The zero-order chi connectivity index (χ0) is 0. The first-order valence-corrected chi connectivity index (χ1v) is 0. The van der Waals surface area contributed by atoms with Crippen molar-refractivity contribution in [3.05, 3.63) is 0 Å². The molecule has 6 nitrogen and oxygen atoms in total. The first-order chi connectivity index (χ1) is 0. The standard InChI is InChI=1S/Co.Mo.6O.W/q;;6*-2;.